The molecular formula is C11H21ClN2O2. The Kier molecular flexibility index (Phi) is 3.75. The molecule has 16 heavy (non-hydrogen) atoms. The third-order valence-corrected chi connectivity index (χ3v) is 3.21. The largest absolute Gasteiger partial charge is 0.444 e. The van der Waals surface area contributed by atoms with Crippen molar-refractivity contribution in [2.75, 3.05) is 13.1 Å². The lowest BCUT2D eigenvalue weighted by Gasteiger charge is -2.29. The van der Waals surface area contributed by atoms with E-state index in [0.29, 0.717) is 17.9 Å². The van der Waals surface area contributed by atoms with Crippen LogP contribution in [0.4, 0.5) is 4.79 Å². The van der Waals surface area contributed by atoms with Crippen LogP contribution in [0.25, 0.3) is 0 Å². The normalized spacial score (nSPS) is 32.5. The Bertz CT molecular complexity index is 278. The summed E-state index contributed by atoms with van der Waals surface area (Å²) in [5, 5.41) is 0. The van der Waals surface area contributed by atoms with Gasteiger partial charge in [-0.3, -0.25) is 0 Å². The molecule has 2 N–H and O–H groups in total. The topological polar surface area (TPSA) is 55.6 Å². The van der Waals surface area contributed by atoms with Gasteiger partial charge in [-0.2, -0.15) is 0 Å². The first-order valence-electron chi connectivity index (χ1n) is 5.62. The Hall–Kier alpha value is -0.480. The van der Waals surface area contributed by atoms with Gasteiger partial charge in [-0.15, -0.1) is 12.4 Å². The van der Waals surface area contributed by atoms with Gasteiger partial charge >= 0.3 is 6.09 Å². The Morgan fingerprint density at radius 2 is 2.00 bits per heavy atom. The van der Waals surface area contributed by atoms with E-state index in [2.05, 4.69) is 0 Å². The van der Waals surface area contributed by atoms with E-state index >= 15 is 0 Å². The highest BCUT2D eigenvalue weighted by molar-refractivity contribution is 5.85. The molecule has 0 bridgehead atoms. The molecule has 5 heteroatoms. The molecule has 2 aliphatic rings. The van der Waals surface area contributed by atoms with Crippen molar-refractivity contribution in [1.29, 1.82) is 0 Å². The fourth-order valence-electron chi connectivity index (χ4n) is 2.28. The summed E-state index contributed by atoms with van der Waals surface area (Å²) in [7, 11) is 0. The standard InChI is InChI=1S/C11H20N2O2.ClH/c1-11(2,3)15-10(14)13-5-4-7-8(6-13)9(7)12;/h7-9H,4-6,12H2,1-3H3;1H. The van der Waals surface area contributed by atoms with Crippen molar-refractivity contribution in [3.63, 3.8) is 0 Å². The maximum Gasteiger partial charge on any atom is 0.410 e. The Balaban J connectivity index is 0.00000128. The summed E-state index contributed by atoms with van der Waals surface area (Å²) in [6, 6.07) is 0.317. The van der Waals surface area contributed by atoms with Crippen molar-refractivity contribution in [2.24, 2.45) is 17.6 Å². The van der Waals surface area contributed by atoms with E-state index in [1.807, 2.05) is 20.8 Å². The number of fused-ring (bicyclic) bond motifs is 1. The van der Waals surface area contributed by atoms with Crippen LogP contribution in [0.15, 0.2) is 0 Å². The molecule has 1 saturated heterocycles. The molecule has 0 aromatic rings. The summed E-state index contributed by atoms with van der Waals surface area (Å²) < 4.78 is 5.33. The highest BCUT2D eigenvalue weighted by Crippen LogP contribution is 2.43. The van der Waals surface area contributed by atoms with Crippen molar-refractivity contribution < 1.29 is 9.53 Å². The van der Waals surface area contributed by atoms with Gasteiger partial charge in [0.2, 0.25) is 0 Å². The predicted octanol–water partition coefficient (Wildman–Crippen LogP) is 1.62. The van der Waals surface area contributed by atoms with Gasteiger partial charge < -0.3 is 15.4 Å². The first-order chi connectivity index (χ1) is 6.88. The number of nitrogens with zero attached hydrogens (tertiary/aromatic N) is 1. The lowest BCUT2D eigenvalue weighted by Crippen LogP contribution is -2.40. The van der Waals surface area contributed by atoms with Gasteiger partial charge in [0, 0.05) is 19.1 Å². The van der Waals surface area contributed by atoms with Crippen molar-refractivity contribution in [3.8, 4) is 0 Å². The van der Waals surface area contributed by atoms with E-state index in [-0.39, 0.29) is 18.5 Å². The van der Waals surface area contributed by atoms with Crippen LogP contribution in [0.2, 0.25) is 0 Å². The lowest BCUT2D eigenvalue weighted by molar-refractivity contribution is 0.0207. The second-order valence-electron chi connectivity index (χ2n) is 5.62. The van der Waals surface area contributed by atoms with E-state index in [4.69, 9.17) is 10.5 Å². The molecule has 0 radical (unpaired) electrons. The molecule has 0 spiro atoms. The lowest BCUT2D eigenvalue weighted by atomic mass is 10.1. The predicted molar refractivity (Wildman–Crippen MR) is 64.6 cm³/mol. The summed E-state index contributed by atoms with van der Waals surface area (Å²) in [6.45, 7) is 7.24. The van der Waals surface area contributed by atoms with Crippen LogP contribution in [0.5, 0.6) is 0 Å². The van der Waals surface area contributed by atoms with E-state index in [9.17, 15) is 4.79 Å². The van der Waals surface area contributed by atoms with Gasteiger partial charge in [-0.25, -0.2) is 4.79 Å². The van der Waals surface area contributed by atoms with E-state index < -0.39 is 5.60 Å². The Labute approximate surface area is 103 Å². The third kappa shape index (κ3) is 2.80. The van der Waals surface area contributed by atoms with Crippen LogP contribution in [0, 0.1) is 11.8 Å². The number of carbonyl (C=O) groups is 1. The van der Waals surface area contributed by atoms with Crippen molar-refractivity contribution in [3.05, 3.63) is 0 Å². The molecule has 0 aromatic carbocycles. The quantitative estimate of drug-likeness (QED) is 0.709. The highest BCUT2D eigenvalue weighted by atomic mass is 35.5. The smallest absolute Gasteiger partial charge is 0.410 e. The Morgan fingerprint density at radius 3 is 2.50 bits per heavy atom. The Morgan fingerprint density at radius 1 is 1.38 bits per heavy atom. The van der Waals surface area contributed by atoms with Crippen molar-refractivity contribution in [1.82, 2.24) is 4.90 Å². The maximum atomic E-state index is 11.7. The number of hydrogen-bond acceptors (Lipinski definition) is 3. The molecule has 1 aliphatic heterocycles. The number of nitrogens with two attached hydrogens (primary N) is 1. The van der Waals surface area contributed by atoms with Gasteiger partial charge in [-0.1, -0.05) is 0 Å². The molecule has 1 aliphatic carbocycles. The number of amides is 1. The van der Waals surface area contributed by atoms with E-state index in [1.54, 1.807) is 4.90 Å². The van der Waals surface area contributed by atoms with Crippen LogP contribution in [0.3, 0.4) is 0 Å². The van der Waals surface area contributed by atoms with Gasteiger partial charge in [-0.05, 0) is 39.0 Å². The number of likely N-dealkylation sites (tertiary alicyclic amines) is 1. The molecule has 3 atom stereocenters. The number of ether oxygens (including phenoxy) is 1. The number of piperidine rings is 1. The molecule has 2 fully saturated rings. The first-order valence-corrected chi connectivity index (χ1v) is 5.62. The summed E-state index contributed by atoms with van der Waals surface area (Å²) in [5.74, 6) is 1.18. The monoisotopic (exact) mass is 248 g/mol. The van der Waals surface area contributed by atoms with Gasteiger partial charge in [0.1, 0.15) is 5.60 Å². The molecule has 94 valence electrons. The van der Waals surface area contributed by atoms with Crippen LogP contribution in [-0.2, 0) is 4.74 Å². The summed E-state index contributed by atoms with van der Waals surface area (Å²) in [4.78, 5) is 13.5. The minimum Gasteiger partial charge on any atom is -0.444 e. The summed E-state index contributed by atoms with van der Waals surface area (Å²) in [6.07, 6.45) is 0.838. The average Bonchev–Trinajstić information content (AvgIpc) is 2.74. The van der Waals surface area contributed by atoms with Gasteiger partial charge in [0.15, 0.2) is 0 Å². The second-order valence-corrected chi connectivity index (χ2v) is 5.62. The molecule has 1 amide bonds. The summed E-state index contributed by atoms with van der Waals surface area (Å²) in [5.41, 5.74) is 5.48. The number of carbonyl (C=O) groups excluding carboxylic acids is 1. The zero-order valence-corrected chi connectivity index (χ0v) is 10.9. The average molecular weight is 249 g/mol. The molecular weight excluding hydrogens is 228 g/mol. The van der Waals surface area contributed by atoms with Crippen LogP contribution < -0.4 is 5.73 Å². The van der Waals surface area contributed by atoms with Crippen LogP contribution in [0.1, 0.15) is 27.2 Å². The number of halogens is 1. The van der Waals surface area contributed by atoms with Crippen molar-refractivity contribution in [2.45, 2.75) is 38.8 Å². The fraction of sp³-hybridized carbons (Fsp3) is 0.909. The first kappa shape index (κ1) is 13.6. The van der Waals surface area contributed by atoms with E-state index in [0.717, 1.165) is 19.5 Å². The summed E-state index contributed by atoms with van der Waals surface area (Å²) >= 11 is 0. The SMILES string of the molecule is CC(C)(C)OC(=O)N1CCC2C(N)C2C1.Cl. The number of hydrogen-bond donors (Lipinski definition) is 1. The molecule has 4 nitrogen and oxygen atoms in total. The van der Waals surface area contributed by atoms with Gasteiger partial charge in [0.05, 0.1) is 0 Å². The molecule has 1 heterocycles. The third-order valence-electron chi connectivity index (χ3n) is 3.21. The molecule has 3 unspecified atom stereocenters. The maximum absolute atomic E-state index is 11.7. The zero-order valence-electron chi connectivity index (χ0n) is 10.1. The molecule has 0 aromatic heterocycles. The molecule has 2 rings (SSSR count). The molecule has 1 saturated carbocycles. The second kappa shape index (κ2) is 4.41. The van der Waals surface area contributed by atoms with E-state index in [1.165, 1.54) is 0 Å². The van der Waals surface area contributed by atoms with Crippen LogP contribution in [-0.4, -0.2) is 35.7 Å². The fourth-order valence-corrected chi connectivity index (χ4v) is 2.28. The van der Waals surface area contributed by atoms with Crippen molar-refractivity contribution >= 4 is 18.5 Å². The van der Waals surface area contributed by atoms with Gasteiger partial charge in [0.25, 0.3) is 0 Å². The van der Waals surface area contributed by atoms with Crippen LogP contribution >= 0.6 is 12.4 Å². The minimum atomic E-state index is -0.403. The minimum absolute atomic E-state index is 0. The highest BCUT2D eigenvalue weighted by Gasteiger charge is 2.51. The zero-order chi connectivity index (χ0) is 11.2. The number of rotatable bonds is 0.